The molecule has 134 valence electrons. The van der Waals surface area contributed by atoms with Crippen LogP contribution in [-0.4, -0.2) is 10.9 Å². The van der Waals surface area contributed by atoms with E-state index in [4.69, 9.17) is 16.7 Å². The Morgan fingerprint density at radius 1 is 1.31 bits per heavy atom. The van der Waals surface area contributed by atoms with Crippen molar-refractivity contribution in [2.24, 2.45) is 11.5 Å². The van der Waals surface area contributed by atoms with Crippen LogP contribution < -0.4 is 16.8 Å². The molecule has 0 spiro atoms. The highest BCUT2D eigenvalue weighted by molar-refractivity contribution is 7.07. The zero-order chi connectivity index (χ0) is 19.3. The van der Waals surface area contributed by atoms with Gasteiger partial charge in [-0.25, -0.2) is 4.98 Å². The predicted octanol–water partition coefficient (Wildman–Crippen LogP) is 2.56. The first kappa shape index (κ1) is 19.0. The Kier molecular flexibility index (Phi) is 5.64. The third kappa shape index (κ3) is 4.61. The van der Waals surface area contributed by atoms with Crippen molar-refractivity contribution in [2.45, 2.75) is 6.18 Å². The van der Waals surface area contributed by atoms with E-state index in [0.29, 0.717) is 0 Å². The van der Waals surface area contributed by atoms with Crippen molar-refractivity contribution in [2.75, 3.05) is 0 Å². The third-order valence-corrected chi connectivity index (χ3v) is 3.73. The molecule has 1 amide bonds. The molecule has 0 radical (unpaired) electrons. The molecular formula is C16H12F3N5OS. The van der Waals surface area contributed by atoms with Crippen LogP contribution in [0.2, 0.25) is 0 Å². The maximum absolute atomic E-state index is 12.8. The van der Waals surface area contributed by atoms with Gasteiger partial charge in [0.25, 0.3) is 5.91 Å². The van der Waals surface area contributed by atoms with Crippen molar-refractivity contribution in [1.29, 1.82) is 5.26 Å². The number of alkyl halides is 3. The summed E-state index contributed by atoms with van der Waals surface area (Å²) in [5, 5.41) is 12.8. The van der Waals surface area contributed by atoms with Crippen molar-refractivity contribution >= 4 is 22.9 Å². The van der Waals surface area contributed by atoms with E-state index in [1.807, 2.05) is 0 Å². The Bertz CT molecular complexity index is 911. The first-order valence-corrected chi connectivity index (χ1v) is 7.91. The summed E-state index contributed by atoms with van der Waals surface area (Å²) in [6, 6.07) is 4.46. The Morgan fingerprint density at radius 2 is 2.04 bits per heavy atom. The van der Waals surface area contributed by atoms with Crippen LogP contribution in [0.25, 0.3) is 5.70 Å². The molecule has 0 saturated heterocycles. The number of benzene rings is 1. The van der Waals surface area contributed by atoms with Gasteiger partial charge in [0.05, 0.1) is 22.7 Å². The third-order valence-electron chi connectivity index (χ3n) is 3.14. The number of nitrogens with zero attached hydrogens (tertiary/aromatic N) is 2. The molecule has 0 fully saturated rings. The summed E-state index contributed by atoms with van der Waals surface area (Å²) in [6.07, 6.45) is -2.05. The molecule has 5 N–H and O–H groups in total. The maximum Gasteiger partial charge on any atom is 0.417 e. The number of nitrogens with one attached hydrogen (secondary N) is 1. The van der Waals surface area contributed by atoms with E-state index < -0.39 is 23.2 Å². The standard InChI is InChI=1S/C16H12F3N5OS/c17-16(18,19)11-2-1-9(5-10(11)6-20)12(21)3-4-14(22)24-15(25)13-7-26-8-23-13/h1-5,7-8H,21-22H2,(H,24,25)/b12-3-,14-4+. The molecule has 1 aromatic carbocycles. The number of thiazole rings is 1. The SMILES string of the molecule is N#Cc1cc(/C(N)=C/C=C(\N)NC(=O)c2cscn2)ccc1C(F)(F)F. The fourth-order valence-electron chi connectivity index (χ4n) is 1.90. The highest BCUT2D eigenvalue weighted by Crippen LogP contribution is 2.32. The number of nitrogens with two attached hydrogens (primary N) is 2. The lowest BCUT2D eigenvalue weighted by Gasteiger charge is -2.10. The second-order valence-electron chi connectivity index (χ2n) is 4.94. The van der Waals surface area contributed by atoms with Gasteiger partial charge < -0.3 is 16.8 Å². The van der Waals surface area contributed by atoms with Crippen LogP contribution in [0.15, 0.2) is 47.1 Å². The van der Waals surface area contributed by atoms with Gasteiger partial charge in [-0.05, 0) is 29.8 Å². The summed E-state index contributed by atoms with van der Waals surface area (Å²) >= 11 is 1.25. The topological polar surface area (TPSA) is 118 Å². The van der Waals surface area contributed by atoms with Crippen LogP contribution in [0.5, 0.6) is 0 Å². The molecule has 0 aliphatic heterocycles. The summed E-state index contributed by atoms with van der Waals surface area (Å²) < 4.78 is 38.4. The lowest BCUT2D eigenvalue weighted by atomic mass is 10.0. The van der Waals surface area contributed by atoms with E-state index in [-0.39, 0.29) is 22.8 Å². The van der Waals surface area contributed by atoms with Gasteiger partial charge >= 0.3 is 6.18 Å². The van der Waals surface area contributed by atoms with Crippen LogP contribution in [0.4, 0.5) is 13.2 Å². The molecular weight excluding hydrogens is 367 g/mol. The summed E-state index contributed by atoms with van der Waals surface area (Å²) in [4.78, 5) is 15.6. The molecule has 1 heterocycles. The smallest absolute Gasteiger partial charge is 0.398 e. The van der Waals surface area contributed by atoms with Crippen molar-refractivity contribution in [1.82, 2.24) is 10.3 Å². The lowest BCUT2D eigenvalue weighted by molar-refractivity contribution is -0.137. The number of rotatable bonds is 4. The minimum absolute atomic E-state index is 0.0293. The minimum atomic E-state index is -4.63. The van der Waals surface area contributed by atoms with Gasteiger partial charge in [0, 0.05) is 11.1 Å². The number of halogens is 3. The molecule has 0 bridgehead atoms. The minimum Gasteiger partial charge on any atom is -0.398 e. The van der Waals surface area contributed by atoms with E-state index in [1.54, 1.807) is 5.38 Å². The van der Waals surface area contributed by atoms with E-state index in [1.165, 1.54) is 35.1 Å². The average molecular weight is 379 g/mol. The molecule has 1 aromatic heterocycles. The number of hydrogen-bond acceptors (Lipinski definition) is 6. The second kappa shape index (κ2) is 7.71. The van der Waals surface area contributed by atoms with E-state index in [0.717, 1.165) is 18.2 Å². The van der Waals surface area contributed by atoms with Crippen molar-refractivity contribution in [3.8, 4) is 6.07 Å². The molecule has 0 aliphatic rings. The summed E-state index contributed by atoms with van der Waals surface area (Å²) in [7, 11) is 0. The number of carbonyl (C=O) groups is 1. The van der Waals surface area contributed by atoms with Gasteiger partial charge in [-0.3, -0.25) is 4.79 Å². The molecule has 26 heavy (non-hydrogen) atoms. The Labute approximate surface area is 150 Å². The highest BCUT2D eigenvalue weighted by Gasteiger charge is 2.33. The predicted molar refractivity (Wildman–Crippen MR) is 90.2 cm³/mol. The van der Waals surface area contributed by atoms with Gasteiger partial charge in [-0.1, -0.05) is 6.07 Å². The summed E-state index contributed by atoms with van der Waals surface area (Å²) in [5.74, 6) is -0.536. The molecule has 0 aliphatic carbocycles. The average Bonchev–Trinajstić information content (AvgIpc) is 3.13. The molecule has 0 atom stereocenters. The first-order valence-electron chi connectivity index (χ1n) is 6.96. The summed E-state index contributed by atoms with van der Waals surface area (Å²) in [5.41, 5.74) is 11.8. The van der Waals surface area contributed by atoms with Gasteiger partial charge in [-0.15, -0.1) is 11.3 Å². The largest absolute Gasteiger partial charge is 0.417 e. The zero-order valence-corrected chi connectivity index (χ0v) is 13.9. The molecule has 6 nitrogen and oxygen atoms in total. The maximum atomic E-state index is 12.8. The number of amides is 1. The molecule has 0 unspecified atom stereocenters. The molecule has 0 saturated carbocycles. The monoisotopic (exact) mass is 379 g/mol. The number of aromatic nitrogens is 1. The molecule has 2 aromatic rings. The van der Waals surface area contributed by atoms with Gasteiger partial charge in [0.15, 0.2) is 0 Å². The summed E-state index contributed by atoms with van der Waals surface area (Å²) in [6.45, 7) is 0. The van der Waals surface area contributed by atoms with Crippen LogP contribution >= 0.6 is 11.3 Å². The second-order valence-corrected chi connectivity index (χ2v) is 5.66. The lowest BCUT2D eigenvalue weighted by Crippen LogP contribution is -2.27. The van der Waals surface area contributed by atoms with E-state index >= 15 is 0 Å². The van der Waals surface area contributed by atoms with Gasteiger partial charge in [0.2, 0.25) is 0 Å². The Hall–Kier alpha value is -3.32. The fraction of sp³-hybridized carbons (Fsp3) is 0.0625. The van der Waals surface area contributed by atoms with Crippen LogP contribution in [0.1, 0.15) is 27.2 Å². The molecule has 2 rings (SSSR count). The van der Waals surface area contributed by atoms with Crippen LogP contribution in [0, 0.1) is 11.3 Å². The molecule has 10 heteroatoms. The van der Waals surface area contributed by atoms with Crippen molar-refractivity contribution in [3.05, 3.63) is 69.4 Å². The van der Waals surface area contributed by atoms with Crippen LogP contribution in [-0.2, 0) is 6.18 Å². The quantitative estimate of drug-likeness (QED) is 0.706. The number of allylic oxidation sites excluding steroid dienone is 2. The Balaban J connectivity index is 2.18. The number of hydrogen-bond donors (Lipinski definition) is 3. The zero-order valence-electron chi connectivity index (χ0n) is 13.0. The van der Waals surface area contributed by atoms with Gasteiger partial charge in [0.1, 0.15) is 11.5 Å². The van der Waals surface area contributed by atoms with E-state index in [2.05, 4.69) is 10.3 Å². The van der Waals surface area contributed by atoms with Gasteiger partial charge in [-0.2, -0.15) is 18.4 Å². The first-order chi connectivity index (χ1) is 12.2. The van der Waals surface area contributed by atoms with E-state index in [9.17, 15) is 18.0 Å². The normalized spacial score (nSPS) is 12.5. The highest BCUT2D eigenvalue weighted by atomic mass is 32.1. The Morgan fingerprint density at radius 3 is 2.62 bits per heavy atom. The van der Waals surface area contributed by atoms with Crippen molar-refractivity contribution in [3.63, 3.8) is 0 Å². The fourth-order valence-corrected chi connectivity index (χ4v) is 2.43. The number of carbonyl (C=O) groups excluding carboxylic acids is 1. The van der Waals surface area contributed by atoms with Crippen molar-refractivity contribution < 1.29 is 18.0 Å². The van der Waals surface area contributed by atoms with Crippen LogP contribution in [0.3, 0.4) is 0 Å². The number of nitriles is 1.